The van der Waals surface area contributed by atoms with Gasteiger partial charge in [-0.25, -0.2) is 4.79 Å². The van der Waals surface area contributed by atoms with Crippen LogP contribution in [0.25, 0.3) is 6.08 Å². The molecule has 3 heteroatoms. The van der Waals surface area contributed by atoms with Gasteiger partial charge < -0.3 is 5.11 Å². The van der Waals surface area contributed by atoms with E-state index in [4.69, 9.17) is 16.7 Å². The van der Waals surface area contributed by atoms with Crippen molar-refractivity contribution < 1.29 is 9.90 Å². The summed E-state index contributed by atoms with van der Waals surface area (Å²) in [7, 11) is 0. The van der Waals surface area contributed by atoms with Crippen LogP contribution >= 0.6 is 11.6 Å². The summed E-state index contributed by atoms with van der Waals surface area (Å²) in [5.41, 5.74) is 2.35. The lowest BCUT2D eigenvalue weighted by Gasteiger charge is -2.31. The molecular formula is C13H13ClO2. The highest BCUT2D eigenvalue weighted by atomic mass is 35.5. The molecule has 0 fully saturated rings. The van der Waals surface area contributed by atoms with Crippen molar-refractivity contribution in [1.82, 2.24) is 0 Å². The first-order valence-corrected chi connectivity index (χ1v) is 5.52. The molecule has 1 aromatic rings. The van der Waals surface area contributed by atoms with Crippen LogP contribution in [0.5, 0.6) is 0 Å². The monoisotopic (exact) mass is 236 g/mol. The molecule has 0 spiro atoms. The summed E-state index contributed by atoms with van der Waals surface area (Å²) in [4.78, 5) is 11.0. The zero-order valence-electron chi connectivity index (χ0n) is 9.25. The van der Waals surface area contributed by atoms with Crippen molar-refractivity contribution in [1.29, 1.82) is 0 Å². The fraction of sp³-hybridized carbons (Fsp3) is 0.308. The van der Waals surface area contributed by atoms with Gasteiger partial charge in [0, 0.05) is 10.6 Å². The maximum absolute atomic E-state index is 11.0. The van der Waals surface area contributed by atoms with Gasteiger partial charge in [0.05, 0.1) is 0 Å². The van der Waals surface area contributed by atoms with Crippen molar-refractivity contribution in [3.8, 4) is 0 Å². The Hall–Kier alpha value is -1.28. The lowest BCUT2D eigenvalue weighted by Crippen LogP contribution is -2.24. The molecule has 0 unspecified atom stereocenters. The molecule has 1 N–H and O–H groups in total. The van der Waals surface area contributed by atoms with Crippen LogP contribution in [0.3, 0.4) is 0 Å². The topological polar surface area (TPSA) is 37.3 Å². The van der Waals surface area contributed by atoms with Crippen LogP contribution in [-0.4, -0.2) is 11.1 Å². The zero-order valence-corrected chi connectivity index (χ0v) is 10.0. The molecule has 1 aliphatic rings. The molecule has 84 valence electrons. The maximum Gasteiger partial charge on any atom is 0.331 e. The van der Waals surface area contributed by atoms with Crippen molar-refractivity contribution in [3.05, 3.63) is 39.9 Å². The highest BCUT2D eigenvalue weighted by Crippen LogP contribution is 2.39. The number of hydrogen-bond acceptors (Lipinski definition) is 1. The lowest BCUT2D eigenvalue weighted by atomic mass is 9.73. The predicted octanol–water partition coefficient (Wildman–Crippen LogP) is 3.49. The quantitative estimate of drug-likeness (QED) is 0.811. The number of carboxylic acid groups (broad SMARTS) is 1. The standard InChI is InChI=1S/C13H13ClO2/c1-13(2)7-9(12(15)16)5-8-3-4-10(14)6-11(8)13/h3-6H,7H2,1-2H3,(H,15,16). The Morgan fingerprint density at radius 2 is 2.12 bits per heavy atom. The average molecular weight is 237 g/mol. The zero-order chi connectivity index (χ0) is 11.9. The summed E-state index contributed by atoms with van der Waals surface area (Å²) in [6.07, 6.45) is 2.27. The molecule has 0 aliphatic heterocycles. The van der Waals surface area contributed by atoms with E-state index in [0.29, 0.717) is 17.0 Å². The Kier molecular flexibility index (Phi) is 2.55. The number of halogens is 1. The summed E-state index contributed by atoms with van der Waals surface area (Å²) in [5.74, 6) is -0.839. The SMILES string of the molecule is CC1(C)CC(C(=O)O)=Cc2ccc(Cl)cc21. The maximum atomic E-state index is 11.0. The van der Waals surface area contributed by atoms with E-state index in [1.54, 1.807) is 12.1 Å². The number of carbonyl (C=O) groups is 1. The molecule has 2 nitrogen and oxygen atoms in total. The Morgan fingerprint density at radius 3 is 2.75 bits per heavy atom. The summed E-state index contributed by atoms with van der Waals surface area (Å²) < 4.78 is 0. The predicted molar refractivity (Wildman–Crippen MR) is 64.7 cm³/mol. The molecule has 0 atom stereocenters. The normalized spacial score (nSPS) is 17.6. The van der Waals surface area contributed by atoms with Crippen LogP contribution in [0.2, 0.25) is 5.02 Å². The third-order valence-corrected chi connectivity index (χ3v) is 3.22. The Labute approximate surface area is 99.5 Å². The lowest BCUT2D eigenvalue weighted by molar-refractivity contribution is -0.132. The highest BCUT2D eigenvalue weighted by Gasteiger charge is 2.30. The van der Waals surface area contributed by atoms with Crippen LogP contribution in [0.4, 0.5) is 0 Å². The van der Waals surface area contributed by atoms with E-state index in [1.165, 1.54) is 0 Å². The van der Waals surface area contributed by atoms with Gasteiger partial charge in [-0.1, -0.05) is 31.5 Å². The number of carboxylic acids is 1. The van der Waals surface area contributed by atoms with Crippen molar-refractivity contribution in [2.45, 2.75) is 25.7 Å². The highest BCUT2D eigenvalue weighted by molar-refractivity contribution is 6.30. The second-order valence-electron chi connectivity index (χ2n) is 4.77. The molecule has 0 radical (unpaired) electrons. The van der Waals surface area contributed by atoms with Gasteiger partial charge in [0.15, 0.2) is 0 Å². The van der Waals surface area contributed by atoms with E-state index in [2.05, 4.69) is 0 Å². The molecular weight excluding hydrogens is 224 g/mol. The van der Waals surface area contributed by atoms with Crippen molar-refractivity contribution in [3.63, 3.8) is 0 Å². The number of aliphatic carboxylic acids is 1. The van der Waals surface area contributed by atoms with E-state index in [9.17, 15) is 4.79 Å². The van der Waals surface area contributed by atoms with Gasteiger partial charge in [0.2, 0.25) is 0 Å². The van der Waals surface area contributed by atoms with Gasteiger partial charge in [-0.3, -0.25) is 0 Å². The fourth-order valence-electron chi connectivity index (χ4n) is 2.19. The molecule has 16 heavy (non-hydrogen) atoms. The van der Waals surface area contributed by atoms with Gasteiger partial charge in [0.25, 0.3) is 0 Å². The molecule has 0 saturated heterocycles. The Bertz CT molecular complexity index is 487. The van der Waals surface area contributed by atoms with Gasteiger partial charge in [-0.15, -0.1) is 0 Å². The van der Waals surface area contributed by atoms with Crippen LogP contribution in [0.15, 0.2) is 23.8 Å². The minimum Gasteiger partial charge on any atom is -0.478 e. The van der Waals surface area contributed by atoms with E-state index in [0.717, 1.165) is 11.1 Å². The molecule has 0 amide bonds. The Balaban J connectivity index is 2.61. The van der Waals surface area contributed by atoms with Crippen molar-refractivity contribution in [2.24, 2.45) is 0 Å². The summed E-state index contributed by atoms with van der Waals surface area (Å²) in [6, 6.07) is 5.59. The first kappa shape index (κ1) is 11.2. The molecule has 1 aliphatic carbocycles. The average Bonchev–Trinajstić information content (AvgIpc) is 2.18. The summed E-state index contributed by atoms with van der Waals surface area (Å²) in [6.45, 7) is 4.08. The fourth-order valence-corrected chi connectivity index (χ4v) is 2.36. The van der Waals surface area contributed by atoms with E-state index >= 15 is 0 Å². The third-order valence-electron chi connectivity index (χ3n) is 2.98. The first-order valence-electron chi connectivity index (χ1n) is 5.14. The van der Waals surface area contributed by atoms with Gasteiger partial charge in [0.1, 0.15) is 0 Å². The van der Waals surface area contributed by atoms with Crippen molar-refractivity contribution in [2.75, 3.05) is 0 Å². The van der Waals surface area contributed by atoms with Gasteiger partial charge >= 0.3 is 5.97 Å². The van der Waals surface area contributed by atoms with E-state index in [-0.39, 0.29) is 5.41 Å². The second kappa shape index (κ2) is 3.63. The number of fused-ring (bicyclic) bond motifs is 1. The minimum absolute atomic E-state index is 0.178. The van der Waals surface area contributed by atoms with Gasteiger partial charge in [-0.05, 0) is 41.2 Å². The first-order chi connectivity index (χ1) is 7.40. The number of benzene rings is 1. The molecule has 0 heterocycles. The minimum atomic E-state index is -0.839. The number of rotatable bonds is 1. The number of hydrogen-bond donors (Lipinski definition) is 1. The Morgan fingerprint density at radius 1 is 1.44 bits per heavy atom. The molecule has 0 bridgehead atoms. The summed E-state index contributed by atoms with van der Waals surface area (Å²) in [5, 5.41) is 9.75. The van der Waals surface area contributed by atoms with Crippen LogP contribution in [0, 0.1) is 0 Å². The third kappa shape index (κ3) is 1.85. The van der Waals surface area contributed by atoms with Crippen LogP contribution in [-0.2, 0) is 10.2 Å². The van der Waals surface area contributed by atoms with Gasteiger partial charge in [-0.2, -0.15) is 0 Å². The van der Waals surface area contributed by atoms with Crippen molar-refractivity contribution >= 4 is 23.6 Å². The van der Waals surface area contributed by atoms with E-state index < -0.39 is 5.97 Å². The van der Waals surface area contributed by atoms with Crippen LogP contribution < -0.4 is 0 Å². The smallest absolute Gasteiger partial charge is 0.331 e. The molecule has 0 aromatic heterocycles. The summed E-state index contributed by atoms with van der Waals surface area (Å²) >= 11 is 5.97. The largest absolute Gasteiger partial charge is 0.478 e. The molecule has 2 rings (SSSR count). The second-order valence-corrected chi connectivity index (χ2v) is 5.20. The molecule has 0 saturated carbocycles. The van der Waals surface area contributed by atoms with E-state index in [1.807, 2.05) is 26.0 Å². The molecule has 1 aromatic carbocycles. The van der Waals surface area contributed by atoms with Crippen LogP contribution in [0.1, 0.15) is 31.4 Å².